The molecule has 17 heavy (non-hydrogen) atoms. The first kappa shape index (κ1) is 14.2. The number of benzene rings is 1. The van der Waals surface area contributed by atoms with Crippen molar-refractivity contribution in [1.29, 1.82) is 0 Å². The predicted octanol–water partition coefficient (Wildman–Crippen LogP) is 3.04. The molecule has 0 atom stereocenters. The zero-order chi connectivity index (χ0) is 12.5. The molecular weight excluding hydrogens is 239 g/mol. The second-order valence-corrected chi connectivity index (χ2v) is 4.92. The molecule has 0 amide bonds. The van der Waals surface area contributed by atoms with E-state index in [-0.39, 0.29) is 18.2 Å². The lowest BCUT2D eigenvalue weighted by Crippen LogP contribution is -2.02. The first-order chi connectivity index (χ1) is 8.24. The number of hydrogen-bond donors (Lipinski definition) is 1. The summed E-state index contributed by atoms with van der Waals surface area (Å²) in [5.41, 5.74) is 0. The van der Waals surface area contributed by atoms with E-state index in [9.17, 15) is 9.18 Å². The van der Waals surface area contributed by atoms with Crippen molar-refractivity contribution in [2.75, 3.05) is 12.4 Å². The lowest BCUT2D eigenvalue weighted by Gasteiger charge is -2.02. The first-order valence-corrected chi connectivity index (χ1v) is 6.72. The molecule has 0 unspecified atom stereocenters. The maximum atomic E-state index is 13.2. The molecule has 0 aromatic heterocycles. The van der Waals surface area contributed by atoms with Crippen LogP contribution < -0.4 is 0 Å². The van der Waals surface area contributed by atoms with E-state index in [4.69, 9.17) is 5.11 Å². The largest absolute Gasteiger partial charge is 0.389 e. The van der Waals surface area contributed by atoms with Crippen LogP contribution in [0.25, 0.3) is 0 Å². The van der Waals surface area contributed by atoms with Gasteiger partial charge in [-0.25, -0.2) is 4.39 Å². The van der Waals surface area contributed by atoms with Crippen molar-refractivity contribution in [3.05, 3.63) is 30.1 Å². The van der Waals surface area contributed by atoms with Crippen LogP contribution in [0, 0.1) is 5.82 Å². The molecule has 0 heterocycles. The van der Waals surface area contributed by atoms with Gasteiger partial charge >= 0.3 is 0 Å². The smallest absolute Gasteiger partial charge is 0.158 e. The summed E-state index contributed by atoms with van der Waals surface area (Å²) in [6, 6.07) is 6.74. The summed E-state index contributed by atoms with van der Waals surface area (Å²) in [5.74, 6) is 0.577. The lowest BCUT2D eigenvalue weighted by molar-refractivity contribution is -0.121. The molecule has 0 aliphatic carbocycles. The van der Waals surface area contributed by atoms with Crippen LogP contribution in [-0.4, -0.2) is 23.2 Å². The van der Waals surface area contributed by atoms with Gasteiger partial charge < -0.3 is 5.11 Å². The zero-order valence-electron chi connectivity index (χ0n) is 9.69. The maximum absolute atomic E-state index is 13.2. The van der Waals surface area contributed by atoms with Gasteiger partial charge in [0.15, 0.2) is 5.78 Å². The summed E-state index contributed by atoms with van der Waals surface area (Å²) < 4.78 is 13.2. The van der Waals surface area contributed by atoms with Gasteiger partial charge in [0.05, 0.1) is 0 Å². The Kier molecular flexibility index (Phi) is 6.89. The molecule has 1 N–H and O–H groups in total. The van der Waals surface area contributed by atoms with Gasteiger partial charge in [0.2, 0.25) is 0 Å². The molecule has 0 aliphatic rings. The van der Waals surface area contributed by atoms with Crippen LogP contribution in [0.5, 0.6) is 0 Å². The van der Waals surface area contributed by atoms with Crippen LogP contribution >= 0.6 is 11.8 Å². The van der Waals surface area contributed by atoms with Gasteiger partial charge in [0.1, 0.15) is 12.4 Å². The minimum Gasteiger partial charge on any atom is -0.389 e. The second-order valence-electron chi connectivity index (χ2n) is 3.79. The van der Waals surface area contributed by atoms with Gasteiger partial charge in [0.25, 0.3) is 0 Å². The summed E-state index contributed by atoms with van der Waals surface area (Å²) in [5, 5.41) is 8.52. The van der Waals surface area contributed by atoms with Crippen molar-refractivity contribution in [1.82, 2.24) is 0 Å². The molecule has 94 valence electrons. The van der Waals surface area contributed by atoms with E-state index in [2.05, 4.69) is 0 Å². The number of carbonyl (C=O) groups excluding carboxylic acids is 1. The molecule has 1 rings (SSSR count). The van der Waals surface area contributed by atoms with Crippen LogP contribution in [-0.2, 0) is 4.79 Å². The van der Waals surface area contributed by atoms with Gasteiger partial charge in [0, 0.05) is 11.3 Å². The van der Waals surface area contributed by atoms with Gasteiger partial charge in [-0.15, -0.1) is 11.8 Å². The highest BCUT2D eigenvalue weighted by Crippen LogP contribution is 2.22. The van der Waals surface area contributed by atoms with Crippen LogP contribution in [0.2, 0.25) is 0 Å². The van der Waals surface area contributed by atoms with Crippen molar-refractivity contribution < 1.29 is 14.3 Å². The molecule has 0 saturated heterocycles. The highest BCUT2D eigenvalue weighted by atomic mass is 32.2. The quantitative estimate of drug-likeness (QED) is 0.574. The van der Waals surface area contributed by atoms with E-state index >= 15 is 0 Å². The summed E-state index contributed by atoms with van der Waals surface area (Å²) in [4.78, 5) is 11.5. The Balaban J connectivity index is 2.09. The first-order valence-electron chi connectivity index (χ1n) is 5.74. The van der Waals surface area contributed by atoms with Crippen molar-refractivity contribution in [3.63, 3.8) is 0 Å². The number of hydrogen-bond acceptors (Lipinski definition) is 3. The van der Waals surface area contributed by atoms with Crippen LogP contribution in [0.4, 0.5) is 4.39 Å². The number of aliphatic hydroxyl groups excluding tert-OH is 1. The Bertz CT molecular complexity index is 355. The fourth-order valence-electron chi connectivity index (χ4n) is 1.42. The number of halogens is 1. The van der Waals surface area contributed by atoms with Crippen molar-refractivity contribution in [2.24, 2.45) is 0 Å². The van der Waals surface area contributed by atoms with E-state index < -0.39 is 0 Å². The standard InChI is InChI=1S/C13H17FO2S/c14-12-7-3-4-8-13(12)17-9-5-1-2-6-11(16)10-15/h3-4,7-8,15H,1-2,5-6,9-10H2. The highest BCUT2D eigenvalue weighted by Gasteiger charge is 2.01. The summed E-state index contributed by atoms with van der Waals surface area (Å²) in [6.45, 7) is -0.357. The molecule has 0 fully saturated rings. The maximum Gasteiger partial charge on any atom is 0.158 e. The SMILES string of the molecule is O=C(CO)CCCCCSc1ccccc1F. The number of thioether (sulfide) groups is 1. The zero-order valence-corrected chi connectivity index (χ0v) is 10.5. The van der Waals surface area contributed by atoms with Gasteiger partial charge in [-0.2, -0.15) is 0 Å². The minimum absolute atomic E-state index is 0.105. The minimum atomic E-state index is -0.357. The summed E-state index contributed by atoms with van der Waals surface area (Å²) >= 11 is 1.50. The predicted molar refractivity (Wildman–Crippen MR) is 67.7 cm³/mol. The average molecular weight is 256 g/mol. The molecule has 0 radical (unpaired) electrons. The lowest BCUT2D eigenvalue weighted by atomic mass is 10.1. The fourth-order valence-corrected chi connectivity index (χ4v) is 2.37. The average Bonchev–Trinajstić information content (AvgIpc) is 2.35. The Morgan fingerprint density at radius 3 is 2.71 bits per heavy atom. The Morgan fingerprint density at radius 2 is 2.00 bits per heavy atom. The number of Topliss-reactive ketones (excluding diaryl/α,β-unsaturated/α-hetero) is 1. The molecule has 0 spiro atoms. The summed E-state index contributed by atoms with van der Waals surface area (Å²) in [7, 11) is 0. The van der Waals surface area contributed by atoms with E-state index in [1.807, 2.05) is 6.07 Å². The Hall–Kier alpha value is -0.870. The molecule has 4 heteroatoms. The summed E-state index contributed by atoms with van der Waals surface area (Å²) in [6.07, 6.45) is 3.14. The topological polar surface area (TPSA) is 37.3 Å². The number of aliphatic hydroxyl groups is 1. The number of unbranched alkanes of at least 4 members (excludes halogenated alkanes) is 2. The number of rotatable bonds is 8. The van der Waals surface area contributed by atoms with Gasteiger partial charge in [-0.05, 0) is 30.7 Å². The van der Waals surface area contributed by atoms with Crippen molar-refractivity contribution >= 4 is 17.5 Å². The molecular formula is C13H17FO2S. The molecule has 1 aromatic carbocycles. The highest BCUT2D eigenvalue weighted by molar-refractivity contribution is 7.99. The third-order valence-electron chi connectivity index (χ3n) is 2.37. The Labute approximate surface area is 105 Å². The fraction of sp³-hybridized carbons (Fsp3) is 0.462. The van der Waals surface area contributed by atoms with Crippen LogP contribution in [0.1, 0.15) is 25.7 Å². The molecule has 2 nitrogen and oxygen atoms in total. The molecule has 1 aromatic rings. The third-order valence-corrected chi connectivity index (χ3v) is 3.51. The number of ketones is 1. The van der Waals surface area contributed by atoms with Crippen LogP contribution in [0.15, 0.2) is 29.2 Å². The van der Waals surface area contributed by atoms with Crippen molar-refractivity contribution in [3.8, 4) is 0 Å². The van der Waals surface area contributed by atoms with E-state index in [1.54, 1.807) is 12.1 Å². The van der Waals surface area contributed by atoms with Gasteiger partial charge in [-0.1, -0.05) is 18.6 Å². The second kappa shape index (κ2) is 8.25. The molecule has 0 aliphatic heterocycles. The van der Waals surface area contributed by atoms with E-state index in [1.165, 1.54) is 17.8 Å². The number of carbonyl (C=O) groups is 1. The molecule has 0 bridgehead atoms. The normalized spacial score (nSPS) is 10.5. The third kappa shape index (κ3) is 5.84. The Morgan fingerprint density at radius 1 is 1.24 bits per heavy atom. The van der Waals surface area contributed by atoms with Crippen LogP contribution in [0.3, 0.4) is 0 Å². The monoisotopic (exact) mass is 256 g/mol. The molecule has 0 saturated carbocycles. The van der Waals surface area contributed by atoms with E-state index in [0.717, 1.165) is 25.0 Å². The van der Waals surface area contributed by atoms with Gasteiger partial charge in [-0.3, -0.25) is 4.79 Å². The van der Waals surface area contributed by atoms with E-state index in [0.29, 0.717) is 11.3 Å². The van der Waals surface area contributed by atoms with Crippen molar-refractivity contribution in [2.45, 2.75) is 30.6 Å².